The second-order valence-corrected chi connectivity index (χ2v) is 9.59. The van der Waals surface area contributed by atoms with E-state index in [1.165, 1.54) is 64.2 Å². The third-order valence-corrected chi connectivity index (χ3v) is 8.18. The molecule has 0 aromatic carbocycles. The molecule has 7 atom stereocenters. The van der Waals surface area contributed by atoms with Gasteiger partial charge in [0.2, 0.25) is 0 Å². The number of hydrogen-bond donors (Lipinski definition) is 1. The molecule has 0 radical (unpaired) electrons. The number of Topliss-reactive ketones (excluding diaryl/α,β-unsaturated/α-hetero) is 1. The summed E-state index contributed by atoms with van der Waals surface area (Å²) in [6, 6.07) is 0. The zero-order valence-corrected chi connectivity index (χ0v) is 16.7. The number of rotatable bonds is 4. The molecule has 3 fully saturated rings. The average Bonchev–Trinajstić information content (AvgIpc) is 2.59. The Labute approximate surface area is 155 Å². The van der Waals surface area contributed by atoms with Crippen LogP contribution in [0.25, 0.3) is 0 Å². The molecule has 0 amide bonds. The molecule has 0 saturated heterocycles. The van der Waals surface area contributed by atoms with Crippen molar-refractivity contribution in [2.24, 2.45) is 47.2 Å². The summed E-state index contributed by atoms with van der Waals surface area (Å²) in [5.74, 6) is 6.20. The molecule has 7 unspecified atom stereocenters. The van der Waals surface area contributed by atoms with Gasteiger partial charge in [-0.15, -0.1) is 0 Å². The standard InChI is InChI=1S/C23H41NO/c1-3-7-21-20-13-11-19(25)14-17(20)10-12-22(21)23-16(2)8-5-4-6-9-18(23)15-24/h16-18,20-23H,3-15,24H2,1-2H3. The molecule has 0 heterocycles. The topological polar surface area (TPSA) is 43.1 Å². The van der Waals surface area contributed by atoms with E-state index in [2.05, 4.69) is 13.8 Å². The first-order valence-electron chi connectivity index (χ1n) is 11.4. The van der Waals surface area contributed by atoms with Crippen molar-refractivity contribution in [3.8, 4) is 0 Å². The Balaban J connectivity index is 1.82. The maximum absolute atomic E-state index is 12.0. The summed E-state index contributed by atoms with van der Waals surface area (Å²) < 4.78 is 0. The van der Waals surface area contributed by atoms with Crippen LogP contribution < -0.4 is 5.73 Å². The van der Waals surface area contributed by atoms with Crippen molar-refractivity contribution in [1.29, 1.82) is 0 Å². The predicted octanol–water partition coefficient (Wildman–Crippen LogP) is 5.59. The quantitative estimate of drug-likeness (QED) is 0.720. The smallest absolute Gasteiger partial charge is 0.133 e. The Hall–Kier alpha value is -0.370. The van der Waals surface area contributed by atoms with Crippen molar-refractivity contribution in [2.45, 2.75) is 90.9 Å². The van der Waals surface area contributed by atoms with E-state index in [0.717, 1.165) is 54.9 Å². The van der Waals surface area contributed by atoms with Crippen LogP contribution in [0.4, 0.5) is 0 Å². The van der Waals surface area contributed by atoms with E-state index in [0.29, 0.717) is 11.7 Å². The third-order valence-electron chi connectivity index (χ3n) is 8.18. The molecule has 25 heavy (non-hydrogen) atoms. The Kier molecular flexibility index (Phi) is 7.00. The molecule has 2 N–H and O–H groups in total. The van der Waals surface area contributed by atoms with Gasteiger partial charge in [0.15, 0.2) is 0 Å². The molecule has 2 nitrogen and oxygen atoms in total. The first-order chi connectivity index (χ1) is 12.2. The van der Waals surface area contributed by atoms with Crippen LogP contribution in [0.3, 0.4) is 0 Å². The van der Waals surface area contributed by atoms with Gasteiger partial charge in [-0.1, -0.05) is 52.4 Å². The van der Waals surface area contributed by atoms with Crippen molar-refractivity contribution >= 4 is 5.78 Å². The highest BCUT2D eigenvalue weighted by Crippen LogP contribution is 2.53. The first-order valence-corrected chi connectivity index (χ1v) is 11.4. The largest absolute Gasteiger partial charge is 0.330 e. The Morgan fingerprint density at radius 1 is 1.00 bits per heavy atom. The van der Waals surface area contributed by atoms with Gasteiger partial charge in [-0.2, -0.15) is 0 Å². The van der Waals surface area contributed by atoms with E-state index in [1.807, 2.05) is 0 Å². The molecule has 3 saturated carbocycles. The lowest BCUT2D eigenvalue weighted by atomic mass is 9.54. The molecule has 3 aliphatic carbocycles. The van der Waals surface area contributed by atoms with Crippen LogP contribution in [0.5, 0.6) is 0 Å². The molecule has 2 heteroatoms. The van der Waals surface area contributed by atoms with E-state index >= 15 is 0 Å². The van der Waals surface area contributed by atoms with Crippen LogP contribution in [0, 0.1) is 41.4 Å². The molecule has 0 bridgehead atoms. The zero-order valence-electron chi connectivity index (χ0n) is 16.7. The van der Waals surface area contributed by atoms with Gasteiger partial charge in [0.1, 0.15) is 5.78 Å². The molecule has 3 aliphatic rings. The monoisotopic (exact) mass is 347 g/mol. The van der Waals surface area contributed by atoms with E-state index in [4.69, 9.17) is 5.73 Å². The highest BCUT2D eigenvalue weighted by atomic mass is 16.1. The second kappa shape index (κ2) is 9.02. The van der Waals surface area contributed by atoms with Crippen molar-refractivity contribution in [1.82, 2.24) is 0 Å². The normalized spacial score (nSPS) is 43.2. The van der Waals surface area contributed by atoms with Crippen LogP contribution in [0.2, 0.25) is 0 Å². The summed E-state index contributed by atoms with van der Waals surface area (Å²) in [7, 11) is 0. The van der Waals surface area contributed by atoms with E-state index < -0.39 is 0 Å². The van der Waals surface area contributed by atoms with Gasteiger partial charge in [0, 0.05) is 12.8 Å². The van der Waals surface area contributed by atoms with Crippen molar-refractivity contribution in [3.05, 3.63) is 0 Å². The minimum atomic E-state index is 0.536. The molecule has 0 aromatic rings. The highest BCUT2D eigenvalue weighted by Gasteiger charge is 2.46. The zero-order chi connectivity index (χ0) is 17.8. The summed E-state index contributed by atoms with van der Waals surface area (Å²) in [5, 5.41) is 0. The predicted molar refractivity (Wildman–Crippen MR) is 105 cm³/mol. The lowest BCUT2D eigenvalue weighted by Crippen LogP contribution is -2.45. The van der Waals surface area contributed by atoms with Gasteiger partial charge in [-0.3, -0.25) is 4.79 Å². The van der Waals surface area contributed by atoms with E-state index in [-0.39, 0.29) is 0 Å². The van der Waals surface area contributed by atoms with Crippen LogP contribution in [-0.2, 0) is 4.79 Å². The fourth-order valence-corrected chi connectivity index (χ4v) is 7.11. The highest BCUT2D eigenvalue weighted by molar-refractivity contribution is 5.79. The number of ketones is 1. The van der Waals surface area contributed by atoms with E-state index in [9.17, 15) is 4.79 Å². The summed E-state index contributed by atoms with van der Waals surface area (Å²) in [4.78, 5) is 12.0. The van der Waals surface area contributed by atoms with Gasteiger partial charge in [0.05, 0.1) is 0 Å². The van der Waals surface area contributed by atoms with Crippen LogP contribution >= 0.6 is 0 Å². The molecule has 144 valence electrons. The second-order valence-electron chi connectivity index (χ2n) is 9.59. The minimum Gasteiger partial charge on any atom is -0.330 e. The van der Waals surface area contributed by atoms with Crippen LogP contribution in [0.1, 0.15) is 90.9 Å². The molecular formula is C23H41NO. The van der Waals surface area contributed by atoms with Crippen molar-refractivity contribution < 1.29 is 4.79 Å². The van der Waals surface area contributed by atoms with Gasteiger partial charge >= 0.3 is 0 Å². The lowest BCUT2D eigenvalue weighted by Gasteiger charge is -2.51. The summed E-state index contributed by atoms with van der Waals surface area (Å²) in [6.45, 7) is 5.77. The molecule has 0 aromatic heterocycles. The van der Waals surface area contributed by atoms with Gasteiger partial charge in [-0.25, -0.2) is 0 Å². The SMILES string of the molecule is CCCC1C2CCC(=O)CC2CCC1C1C(C)CCCCCC1CN. The molecular weight excluding hydrogens is 306 g/mol. The van der Waals surface area contributed by atoms with Crippen LogP contribution in [0.15, 0.2) is 0 Å². The molecule has 3 rings (SSSR count). The minimum absolute atomic E-state index is 0.536. The van der Waals surface area contributed by atoms with Crippen LogP contribution in [-0.4, -0.2) is 12.3 Å². The first kappa shape index (κ1) is 19.4. The summed E-state index contributed by atoms with van der Waals surface area (Å²) in [6.07, 6.45) is 15.2. The fraction of sp³-hybridized carbons (Fsp3) is 0.957. The van der Waals surface area contributed by atoms with E-state index in [1.54, 1.807) is 0 Å². The number of carbonyl (C=O) groups is 1. The van der Waals surface area contributed by atoms with Gasteiger partial charge in [-0.05, 0) is 73.7 Å². The number of hydrogen-bond acceptors (Lipinski definition) is 2. The fourth-order valence-electron chi connectivity index (χ4n) is 7.11. The average molecular weight is 348 g/mol. The van der Waals surface area contributed by atoms with Crippen molar-refractivity contribution in [3.63, 3.8) is 0 Å². The molecule has 0 spiro atoms. The summed E-state index contributed by atoms with van der Waals surface area (Å²) >= 11 is 0. The Morgan fingerprint density at radius 2 is 1.80 bits per heavy atom. The Morgan fingerprint density at radius 3 is 2.56 bits per heavy atom. The molecule has 0 aliphatic heterocycles. The maximum Gasteiger partial charge on any atom is 0.133 e. The number of fused-ring (bicyclic) bond motifs is 1. The van der Waals surface area contributed by atoms with Gasteiger partial charge < -0.3 is 5.73 Å². The van der Waals surface area contributed by atoms with Gasteiger partial charge in [0.25, 0.3) is 0 Å². The number of carbonyl (C=O) groups excluding carboxylic acids is 1. The van der Waals surface area contributed by atoms with Crippen molar-refractivity contribution in [2.75, 3.05) is 6.54 Å². The maximum atomic E-state index is 12.0. The summed E-state index contributed by atoms with van der Waals surface area (Å²) in [5.41, 5.74) is 6.31. The number of nitrogens with two attached hydrogens (primary N) is 1. The third kappa shape index (κ3) is 4.31. The lowest BCUT2D eigenvalue weighted by molar-refractivity contribution is -0.125. The Bertz CT molecular complexity index is 434.